The number of nitriles is 1. The summed E-state index contributed by atoms with van der Waals surface area (Å²) < 4.78 is 0. The fraction of sp³-hybridized carbons (Fsp3) is 0. The summed E-state index contributed by atoms with van der Waals surface area (Å²) in [5.41, 5.74) is 1.61. The predicted molar refractivity (Wildman–Crippen MR) is 44.3 cm³/mol. The van der Waals surface area contributed by atoms with Gasteiger partial charge in [0, 0.05) is 10.6 Å². The Labute approximate surface area is 65.6 Å². The van der Waals surface area contributed by atoms with Crippen molar-refractivity contribution >= 4 is 24.9 Å². The van der Waals surface area contributed by atoms with E-state index in [9.17, 15) is 0 Å². The lowest BCUT2D eigenvalue weighted by molar-refractivity contribution is 1.50. The van der Waals surface area contributed by atoms with E-state index in [2.05, 4.69) is 6.07 Å². The Kier molecular flexibility index (Phi) is 1.98. The van der Waals surface area contributed by atoms with E-state index in [1.807, 2.05) is 7.85 Å². The first-order chi connectivity index (χ1) is 4.74. The van der Waals surface area contributed by atoms with Crippen LogP contribution in [0.25, 0.3) is 0 Å². The summed E-state index contributed by atoms with van der Waals surface area (Å²) in [6.07, 6.45) is 0. The van der Waals surface area contributed by atoms with Crippen molar-refractivity contribution in [2.45, 2.75) is 0 Å². The molecule has 1 aromatic rings. The van der Waals surface area contributed by atoms with Crippen LogP contribution in [0.15, 0.2) is 18.2 Å². The second-order valence-corrected chi connectivity index (χ2v) is 2.51. The lowest BCUT2D eigenvalue weighted by Crippen LogP contribution is -2.06. The first-order valence-electron chi connectivity index (χ1n) is 2.90. The first-order valence-corrected chi connectivity index (χ1v) is 3.28. The summed E-state index contributed by atoms with van der Waals surface area (Å²) in [4.78, 5) is 0. The Balaban J connectivity index is 3.23. The van der Waals surface area contributed by atoms with Crippen LogP contribution in [0, 0.1) is 11.3 Å². The summed E-state index contributed by atoms with van der Waals surface area (Å²) in [6.45, 7) is 0. The maximum absolute atomic E-state index is 8.52. The number of hydrogen-bond donors (Lipinski definition) is 0. The largest absolute Gasteiger partial charge is 0.192 e. The molecule has 0 aromatic heterocycles. The summed E-state index contributed by atoms with van der Waals surface area (Å²) in [7, 11) is 1.87. The van der Waals surface area contributed by atoms with E-state index in [-0.39, 0.29) is 0 Å². The quantitative estimate of drug-likeness (QED) is 0.492. The van der Waals surface area contributed by atoms with E-state index in [1.54, 1.807) is 18.2 Å². The van der Waals surface area contributed by atoms with Gasteiger partial charge in [-0.2, -0.15) is 5.26 Å². The van der Waals surface area contributed by atoms with Crippen LogP contribution < -0.4 is 5.46 Å². The minimum atomic E-state index is 0.677. The Bertz CT molecular complexity index is 290. The lowest BCUT2D eigenvalue weighted by atomic mass is 9.91. The molecule has 0 aliphatic heterocycles. The van der Waals surface area contributed by atoms with Crippen molar-refractivity contribution in [2.75, 3.05) is 0 Å². The van der Waals surface area contributed by atoms with Gasteiger partial charge in [-0.3, -0.25) is 0 Å². The third-order valence-corrected chi connectivity index (χ3v) is 1.54. The van der Waals surface area contributed by atoms with Crippen molar-refractivity contribution in [1.29, 1.82) is 5.26 Å². The third kappa shape index (κ3) is 1.31. The summed E-state index contributed by atoms with van der Waals surface area (Å²) in [5.74, 6) is 0. The molecule has 0 bridgehead atoms. The standard InChI is InChI=1S/C7H5BClN/c8-7-3-6(9)2-1-5(7)4-10/h1-3H,8H2. The molecule has 0 heterocycles. The number of nitrogens with zero attached hydrogens (tertiary/aromatic N) is 1. The normalized spacial score (nSPS) is 8.80. The highest BCUT2D eigenvalue weighted by molar-refractivity contribution is 6.37. The highest BCUT2D eigenvalue weighted by atomic mass is 35.5. The van der Waals surface area contributed by atoms with E-state index in [0.717, 1.165) is 5.46 Å². The average molecular weight is 149 g/mol. The molecule has 0 spiro atoms. The Hall–Kier alpha value is -0.935. The summed E-state index contributed by atoms with van der Waals surface area (Å²) in [5, 5.41) is 9.19. The van der Waals surface area contributed by atoms with Crippen molar-refractivity contribution in [2.24, 2.45) is 0 Å². The first kappa shape index (κ1) is 7.18. The molecule has 0 saturated heterocycles. The van der Waals surface area contributed by atoms with Gasteiger partial charge in [-0.1, -0.05) is 17.1 Å². The van der Waals surface area contributed by atoms with E-state index in [1.165, 1.54) is 0 Å². The molecule has 1 rings (SSSR count). The van der Waals surface area contributed by atoms with Crippen LogP contribution in [0.2, 0.25) is 5.02 Å². The van der Waals surface area contributed by atoms with Crippen LogP contribution in [-0.4, -0.2) is 7.85 Å². The molecule has 0 aliphatic rings. The highest BCUT2D eigenvalue weighted by Gasteiger charge is 1.95. The number of rotatable bonds is 0. The predicted octanol–water partition coefficient (Wildman–Crippen LogP) is 0.470. The van der Waals surface area contributed by atoms with Crippen molar-refractivity contribution < 1.29 is 0 Å². The molecular formula is C7H5BClN. The van der Waals surface area contributed by atoms with E-state index < -0.39 is 0 Å². The third-order valence-electron chi connectivity index (χ3n) is 1.31. The Morgan fingerprint density at radius 1 is 1.50 bits per heavy atom. The lowest BCUT2D eigenvalue weighted by Gasteiger charge is -1.94. The molecule has 0 amide bonds. The molecule has 0 atom stereocenters. The van der Waals surface area contributed by atoms with E-state index in [4.69, 9.17) is 16.9 Å². The highest BCUT2D eigenvalue weighted by Crippen LogP contribution is 2.05. The van der Waals surface area contributed by atoms with Crippen LogP contribution in [-0.2, 0) is 0 Å². The fourth-order valence-electron chi connectivity index (χ4n) is 0.753. The van der Waals surface area contributed by atoms with Crippen LogP contribution in [0.3, 0.4) is 0 Å². The smallest absolute Gasteiger partial charge is 0.141 e. The molecule has 0 radical (unpaired) electrons. The second-order valence-electron chi connectivity index (χ2n) is 2.07. The molecule has 0 saturated carbocycles. The van der Waals surface area contributed by atoms with Crippen LogP contribution in [0.4, 0.5) is 0 Å². The van der Waals surface area contributed by atoms with Crippen LogP contribution in [0.5, 0.6) is 0 Å². The molecular weight excluding hydrogens is 144 g/mol. The van der Waals surface area contributed by atoms with Gasteiger partial charge >= 0.3 is 0 Å². The molecule has 0 unspecified atom stereocenters. The second kappa shape index (κ2) is 2.77. The van der Waals surface area contributed by atoms with Crippen molar-refractivity contribution in [3.63, 3.8) is 0 Å². The van der Waals surface area contributed by atoms with Crippen LogP contribution in [0.1, 0.15) is 5.56 Å². The summed E-state index contributed by atoms with van der Waals surface area (Å²) >= 11 is 5.66. The van der Waals surface area contributed by atoms with Gasteiger partial charge in [0.05, 0.1) is 6.07 Å². The Morgan fingerprint density at radius 2 is 2.20 bits per heavy atom. The summed E-state index contributed by atoms with van der Waals surface area (Å²) in [6, 6.07) is 7.28. The van der Waals surface area contributed by atoms with Gasteiger partial charge in [0.15, 0.2) is 0 Å². The zero-order valence-corrected chi connectivity index (χ0v) is 6.31. The molecule has 0 aliphatic carbocycles. The van der Waals surface area contributed by atoms with Gasteiger partial charge in [-0.15, -0.1) is 0 Å². The zero-order chi connectivity index (χ0) is 7.56. The van der Waals surface area contributed by atoms with Gasteiger partial charge in [-0.05, 0) is 18.2 Å². The molecule has 48 valence electrons. The minimum absolute atomic E-state index is 0.677. The van der Waals surface area contributed by atoms with Gasteiger partial charge in [0.2, 0.25) is 0 Å². The monoisotopic (exact) mass is 149 g/mol. The van der Waals surface area contributed by atoms with Crippen molar-refractivity contribution in [3.8, 4) is 6.07 Å². The fourth-order valence-corrected chi connectivity index (χ4v) is 0.979. The van der Waals surface area contributed by atoms with E-state index >= 15 is 0 Å². The van der Waals surface area contributed by atoms with Crippen molar-refractivity contribution in [3.05, 3.63) is 28.8 Å². The molecule has 0 N–H and O–H groups in total. The van der Waals surface area contributed by atoms with Gasteiger partial charge in [0.25, 0.3) is 0 Å². The molecule has 10 heavy (non-hydrogen) atoms. The average Bonchev–Trinajstić information content (AvgIpc) is 1.88. The molecule has 0 fully saturated rings. The maximum Gasteiger partial charge on any atom is 0.141 e. The van der Waals surface area contributed by atoms with Gasteiger partial charge < -0.3 is 0 Å². The van der Waals surface area contributed by atoms with Crippen LogP contribution >= 0.6 is 11.6 Å². The van der Waals surface area contributed by atoms with Gasteiger partial charge in [0.1, 0.15) is 7.85 Å². The zero-order valence-electron chi connectivity index (χ0n) is 5.56. The molecule has 1 nitrogen and oxygen atoms in total. The van der Waals surface area contributed by atoms with E-state index in [0.29, 0.717) is 10.6 Å². The minimum Gasteiger partial charge on any atom is -0.192 e. The number of hydrogen-bond acceptors (Lipinski definition) is 1. The molecule has 1 aromatic carbocycles. The topological polar surface area (TPSA) is 23.8 Å². The molecule has 3 heteroatoms. The van der Waals surface area contributed by atoms with Crippen molar-refractivity contribution in [1.82, 2.24) is 0 Å². The number of benzene rings is 1. The van der Waals surface area contributed by atoms with Gasteiger partial charge in [-0.25, -0.2) is 0 Å². The Morgan fingerprint density at radius 3 is 2.70 bits per heavy atom. The number of halogens is 1. The SMILES string of the molecule is Bc1cc(Cl)ccc1C#N. The maximum atomic E-state index is 8.52.